The van der Waals surface area contributed by atoms with Crippen LogP contribution in [0.3, 0.4) is 0 Å². The molecule has 0 aliphatic carbocycles. The highest BCUT2D eigenvalue weighted by atomic mass is 79.9. The Hall–Kier alpha value is -1.06. The molecule has 0 fully saturated rings. The predicted octanol–water partition coefficient (Wildman–Crippen LogP) is 5.18. The van der Waals surface area contributed by atoms with Gasteiger partial charge >= 0.3 is 0 Å². The van der Waals surface area contributed by atoms with E-state index >= 15 is 0 Å². The van der Waals surface area contributed by atoms with Gasteiger partial charge in [-0.1, -0.05) is 63.5 Å². The minimum atomic E-state index is 0.173. The molecule has 0 aliphatic heterocycles. The molecule has 0 saturated carbocycles. The number of carbonyl (C=O) groups is 1. The highest BCUT2D eigenvalue weighted by Gasteiger charge is 2.09. The Bertz CT molecular complexity index is 602. The van der Waals surface area contributed by atoms with Gasteiger partial charge in [0.1, 0.15) is 0 Å². The largest absolute Gasteiger partial charge is 0.293 e. The maximum absolute atomic E-state index is 12.1. The fourth-order valence-electron chi connectivity index (χ4n) is 2.18. The molecule has 0 N–H and O–H groups in total. The number of rotatable bonds is 5. The van der Waals surface area contributed by atoms with Crippen molar-refractivity contribution in [1.29, 1.82) is 0 Å². The predicted molar refractivity (Wildman–Crippen MR) is 90.6 cm³/mol. The van der Waals surface area contributed by atoms with Crippen LogP contribution in [0.1, 0.15) is 27.0 Å². The minimum Gasteiger partial charge on any atom is -0.293 e. The van der Waals surface area contributed by atoms with Gasteiger partial charge in [-0.05, 0) is 25.5 Å². The number of thioether (sulfide) groups is 1. The summed E-state index contributed by atoms with van der Waals surface area (Å²) in [7, 11) is 0. The zero-order valence-electron chi connectivity index (χ0n) is 11.7. The van der Waals surface area contributed by atoms with E-state index in [0.717, 1.165) is 15.8 Å². The lowest BCUT2D eigenvalue weighted by Gasteiger charge is -2.06. The molecule has 0 atom stereocenters. The van der Waals surface area contributed by atoms with E-state index in [1.165, 1.54) is 16.7 Å². The van der Waals surface area contributed by atoms with Crippen LogP contribution in [0.5, 0.6) is 0 Å². The Morgan fingerprint density at radius 3 is 2.40 bits per heavy atom. The van der Waals surface area contributed by atoms with Crippen LogP contribution < -0.4 is 0 Å². The molecule has 3 heteroatoms. The molecular formula is C17H17BrOS. The zero-order valence-corrected chi connectivity index (χ0v) is 14.1. The average molecular weight is 349 g/mol. The summed E-state index contributed by atoms with van der Waals surface area (Å²) in [5.41, 5.74) is 4.60. The van der Waals surface area contributed by atoms with E-state index in [4.69, 9.17) is 0 Å². The van der Waals surface area contributed by atoms with Crippen molar-refractivity contribution in [2.24, 2.45) is 0 Å². The lowest BCUT2D eigenvalue weighted by molar-refractivity contribution is 0.102. The molecule has 2 aromatic rings. The molecular weight excluding hydrogens is 332 g/mol. The molecule has 104 valence electrons. The van der Waals surface area contributed by atoms with Crippen LogP contribution in [-0.4, -0.2) is 11.5 Å². The summed E-state index contributed by atoms with van der Waals surface area (Å²) in [5, 5.41) is 0. The van der Waals surface area contributed by atoms with Crippen molar-refractivity contribution >= 4 is 33.5 Å². The molecule has 2 aromatic carbocycles. The van der Waals surface area contributed by atoms with Crippen LogP contribution in [0.4, 0.5) is 0 Å². The van der Waals surface area contributed by atoms with Crippen molar-refractivity contribution in [2.45, 2.75) is 19.6 Å². The van der Waals surface area contributed by atoms with Gasteiger partial charge in [0.2, 0.25) is 0 Å². The summed E-state index contributed by atoms with van der Waals surface area (Å²) < 4.78 is 0.872. The molecule has 1 nitrogen and oxygen atoms in total. The summed E-state index contributed by atoms with van der Waals surface area (Å²) in [4.78, 5) is 12.1. The lowest BCUT2D eigenvalue weighted by atomic mass is 10.1. The van der Waals surface area contributed by atoms with Gasteiger partial charge in [-0.2, -0.15) is 0 Å². The first-order chi connectivity index (χ1) is 9.56. The maximum atomic E-state index is 12.1. The van der Waals surface area contributed by atoms with Gasteiger partial charge in [0, 0.05) is 15.8 Å². The summed E-state index contributed by atoms with van der Waals surface area (Å²) in [6.07, 6.45) is 0. The van der Waals surface area contributed by atoms with E-state index in [0.29, 0.717) is 5.75 Å². The number of carbonyl (C=O) groups excluding carboxylic acids is 1. The Morgan fingerprint density at radius 1 is 1.10 bits per heavy atom. The second kappa shape index (κ2) is 7.09. The lowest BCUT2D eigenvalue weighted by Crippen LogP contribution is -2.03. The summed E-state index contributed by atoms with van der Waals surface area (Å²) in [6, 6.07) is 14.1. The van der Waals surface area contributed by atoms with Crippen LogP contribution in [-0.2, 0) is 5.75 Å². The fraction of sp³-hybridized carbons (Fsp3) is 0.235. The molecule has 0 aliphatic rings. The summed E-state index contributed by atoms with van der Waals surface area (Å²) in [5.74, 6) is 1.56. The number of aryl methyl sites for hydroxylation is 2. The van der Waals surface area contributed by atoms with Crippen molar-refractivity contribution in [3.63, 3.8) is 0 Å². The fourth-order valence-corrected chi connectivity index (χ4v) is 3.53. The van der Waals surface area contributed by atoms with Crippen molar-refractivity contribution in [3.05, 3.63) is 69.2 Å². The zero-order chi connectivity index (χ0) is 14.5. The number of hydrogen-bond donors (Lipinski definition) is 0. The third kappa shape index (κ3) is 4.22. The molecule has 0 heterocycles. The van der Waals surface area contributed by atoms with Crippen molar-refractivity contribution in [2.75, 3.05) is 5.75 Å². The smallest absolute Gasteiger partial charge is 0.173 e. The first kappa shape index (κ1) is 15.3. The highest BCUT2D eigenvalue weighted by Crippen LogP contribution is 2.20. The molecule has 0 aromatic heterocycles. The van der Waals surface area contributed by atoms with Gasteiger partial charge in [-0.15, -0.1) is 11.8 Å². The van der Waals surface area contributed by atoms with Crippen molar-refractivity contribution in [3.8, 4) is 0 Å². The van der Waals surface area contributed by atoms with Gasteiger partial charge in [-0.3, -0.25) is 4.79 Å². The first-order valence-electron chi connectivity index (χ1n) is 6.49. The van der Waals surface area contributed by atoms with E-state index in [1.807, 2.05) is 24.3 Å². The van der Waals surface area contributed by atoms with Gasteiger partial charge in [0.15, 0.2) is 5.78 Å². The number of ketones is 1. The molecule has 0 spiro atoms. The molecule has 0 radical (unpaired) electrons. The first-order valence-corrected chi connectivity index (χ1v) is 8.43. The van der Waals surface area contributed by atoms with E-state index in [1.54, 1.807) is 11.8 Å². The number of Topliss-reactive ketones (excluding diaryl/α,β-unsaturated/α-hetero) is 1. The molecule has 0 amide bonds. The summed E-state index contributed by atoms with van der Waals surface area (Å²) in [6.45, 7) is 4.21. The molecule has 0 bridgehead atoms. The van der Waals surface area contributed by atoms with Gasteiger partial charge in [0.05, 0.1) is 5.75 Å². The highest BCUT2D eigenvalue weighted by molar-refractivity contribution is 9.10. The topological polar surface area (TPSA) is 17.1 Å². The van der Waals surface area contributed by atoms with Crippen molar-refractivity contribution < 1.29 is 4.79 Å². The van der Waals surface area contributed by atoms with Gasteiger partial charge < -0.3 is 0 Å². The number of hydrogen-bond acceptors (Lipinski definition) is 2. The van der Waals surface area contributed by atoms with Crippen LogP contribution >= 0.6 is 27.7 Å². The molecule has 2 rings (SSSR count). The minimum absolute atomic E-state index is 0.173. The van der Waals surface area contributed by atoms with Crippen molar-refractivity contribution in [1.82, 2.24) is 0 Å². The molecule has 20 heavy (non-hydrogen) atoms. The third-order valence-electron chi connectivity index (χ3n) is 2.96. The number of benzene rings is 2. The normalized spacial score (nSPS) is 10.6. The average Bonchev–Trinajstić information content (AvgIpc) is 2.38. The molecule has 0 unspecified atom stereocenters. The van der Waals surface area contributed by atoms with Crippen LogP contribution in [0.2, 0.25) is 0 Å². The van der Waals surface area contributed by atoms with E-state index in [9.17, 15) is 4.79 Å². The molecule has 0 saturated heterocycles. The maximum Gasteiger partial charge on any atom is 0.173 e. The van der Waals surface area contributed by atoms with Crippen LogP contribution in [0, 0.1) is 13.8 Å². The Labute approximate surface area is 132 Å². The Kier molecular flexibility index (Phi) is 5.44. The quantitative estimate of drug-likeness (QED) is 0.692. The third-order valence-corrected chi connectivity index (χ3v) is 4.65. The second-order valence-corrected chi connectivity index (χ2v) is 6.73. The monoisotopic (exact) mass is 348 g/mol. The van der Waals surface area contributed by atoms with E-state index < -0.39 is 0 Å². The summed E-state index contributed by atoms with van der Waals surface area (Å²) >= 11 is 5.09. The Balaban J connectivity index is 1.93. The second-order valence-electron chi connectivity index (χ2n) is 4.89. The van der Waals surface area contributed by atoms with Gasteiger partial charge in [0.25, 0.3) is 0 Å². The number of halogens is 1. The van der Waals surface area contributed by atoms with E-state index in [2.05, 4.69) is 48.0 Å². The SMILES string of the molecule is Cc1cc(C)cc(CSCC(=O)c2ccccc2Br)c1. The van der Waals surface area contributed by atoms with Crippen LogP contribution in [0.15, 0.2) is 46.9 Å². The Morgan fingerprint density at radius 2 is 1.75 bits per heavy atom. The van der Waals surface area contributed by atoms with Gasteiger partial charge in [-0.25, -0.2) is 0 Å². The standard InChI is InChI=1S/C17H17BrOS/c1-12-7-13(2)9-14(8-12)10-20-11-17(19)15-5-3-4-6-16(15)18/h3-9H,10-11H2,1-2H3. The van der Waals surface area contributed by atoms with E-state index in [-0.39, 0.29) is 5.78 Å². The van der Waals surface area contributed by atoms with Crippen LogP contribution in [0.25, 0.3) is 0 Å².